The highest BCUT2D eigenvalue weighted by Gasteiger charge is 2.15. The fourth-order valence-corrected chi connectivity index (χ4v) is 3.84. The molecule has 4 rings (SSSR count). The number of methoxy groups -OCH3 is 2. The fraction of sp³-hybridized carbons (Fsp3) is 0.320. The average molecular weight is 476 g/mol. The van der Waals surface area contributed by atoms with E-state index < -0.39 is 0 Å². The SMILES string of the molecule is CNC(=O)c1ccc(C(C)CNc2cc(-c3cnc4c(cnn4CCOC)c3)ncn2)c(OC)c1. The lowest BCUT2D eigenvalue weighted by atomic mass is 9.98. The van der Waals surface area contributed by atoms with Crippen molar-refractivity contribution >= 4 is 22.8 Å². The molecule has 2 N–H and O–H groups in total. The van der Waals surface area contributed by atoms with Crippen molar-refractivity contribution in [1.29, 1.82) is 0 Å². The van der Waals surface area contributed by atoms with Gasteiger partial charge in [0.1, 0.15) is 17.9 Å². The van der Waals surface area contributed by atoms with Gasteiger partial charge in [0.2, 0.25) is 0 Å². The average Bonchev–Trinajstić information content (AvgIpc) is 3.31. The molecular weight excluding hydrogens is 446 g/mol. The molecule has 0 radical (unpaired) electrons. The molecule has 1 amide bonds. The van der Waals surface area contributed by atoms with E-state index in [9.17, 15) is 4.79 Å². The van der Waals surface area contributed by atoms with Crippen LogP contribution >= 0.6 is 0 Å². The van der Waals surface area contributed by atoms with Crippen molar-refractivity contribution in [1.82, 2.24) is 30.0 Å². The molecule has 0 fully saturated rings. The maximum atomic E-state index is 11.9. The molecule has 10 nitrogen and oxygen atoms in total. The van der Waals surface area contributed by atoms with Crippen molar-refractivity contribution in [2.24, 2.45) is 0 Å². The number of carbonyl (C=O) groups excluding carboxylic acids is 1. The smallest absolute Gasteiger partial charge is 0.251 e. The van der Waals surface area contributed by atoms with Crippen molar-refractivity contribution in [2.45, 2.75) is 19.4 Å². The number of aromatic nitrogens is 5. The molecule has 35 heavy (non-hydrogen) atoms. The second-order valence-electron chi connectivity index (χ2n) is 8.10. The van der Waals surface area contributed by atoms with Gasteiger partial charge in [0.25, 0.3) is 5.91 Å². The zero-order valence-electron chi connectivity index (χ0n) is 20.3. The summed E-state index contributed by atoms with van der Waals surface area (Å²) >= 11 is 0. The Morgan fingerprint density at radius 2 is 1.97 bits per heavy atom. The Morgan fingerprint density at radius 1 is 1.11 bits per heavy atom. The number of ether oxygens (including phenoxy) is 2. The van der Waals surface area contributed by atoms with Gasteiger partial charge in [-0.2, -0.15) is 5.10 Å². The Hall–Kier alpha value is -4.05. The number of pyridine rings is 1. The van der Waals surface area contributed by atoms with Gasteiger partial charge in [-0.3, -0.25) is 4.79 Å². The van der Waals surface area contributed by atoms with Gasteiger partial charge in [-0.15, -0.1) is 0 Å². The topological polar surface area (TPSA) is 116 Å². The third kappa shape index (κ3) is 5.38. The van der Waals surface area contributed by atoms with Gasteiger partial charge in [-0.1, -0.05) is 13.0 Å². The lowest BCUT2D eigenvalue weighted by Gasteiger charge is -2.17. The number of rotatable bonds is 10. The van der Waals surface area contributed by atoms with Crippen LogP contribution in [0.15, 0.2) is 49.1 Å². The first kappa shape index (κ1) is 24.1. The Morgan fingerprint density at radius 3 is 2.74 bits per heavy atom. The number of nitrogens with one attached hydrogen (secondary N) is 2. The minimum atomic E-state index is -0.149. The van der Waals surface area contributed by atoms with Crippen molar-refractivity contribution in [2.75, 3.05) is 39.7 Å². The number of hydrogen-bond acceptors (Lipinski definition) is 8. The molecule has 4 aromatic rings. The van der Waals surface area contributed by atoms with E-state index in [4.69, 9.17) is 9.47 Å². The maximum absolute atomic E-state index is 11.9. The number of carbonyl (C=O) groups is 1. The number of amides is 1. The molecule has 1 unspecified atom stereocenters. The van der Waals surface area contributed by atoms with Crippen molar-refractivity contribution < 1.29 is 14.3 Å². The van der Waals surface area contributed by atoms with Crippen LogP contribution in [0.4, 0.5) is 5.82 Å². The summed E-state index contributed by atoms with van der Waals surface area (Å²) in [5.74, 6) is 1.34. The van der Waals surface area contributed by atoms with Crippen LogP contribution in [-0.2, 0) is 11.3 Å². The third-order valence-electron chi connectivity index (χ3n) is 5.79. The highest BCUT2D eigenvalue weighted by molar-refractivity contribution is 5.94. The Labute approximate surface area is 203 Å². The van der Waals surface area contributed by atoms with Crippen LogP contribution in [0.3, 0.4) is 0 Å². The normalized spacial score (nSPS) is 11.9. The molecule has 0 saturated heterocycles. The number of anilines is 1. The van der Waals surface area contributed by atoms with Crippen molar-refractivity contribution in [3.05, 3.63) is 60.2 Å². The summed E-state index contributed by atoms with van der Waals surface area (Å²) < 4.78 is 12.5. The third-order valence-corrected chi connectivity index (χ3v) is 5.79. The summed E-state index contributed by atoms with van der Waals surface area (Å²) in [6, 6.07) is 9.41. The van der Waals surface area contributed by atoms with E-state index in [-0.39, 0.29) is 11.8 Å². The fourth-order valence-electron chi connectivity index (χ4n) is 3.84. The molecule has 0 bridgehead atoms. The summed E-state index contributed by atoms with van der Waals surface area (Å²) in [5.41, 5.74) is 4.02. The van der Waals surface area contributed by atoms with Gasteiger partial charge < -0.3 is 20.1 Å². The number of fused-ring (bicyclic) bond motifs is 1. The van der Waals surface area contributed by atoms with E-state index in [1.807, 2.05) is 22.9 Å². The summed E-state index contributed by atoms with van der Waals surface area (Å²) in [4.78, 5) is 25.3. The number of hydrogen-bond donors (Lipinski definition) is 2. The van der Waals surface area contributed by atoms with Crippen molar-refractivity contribution in [3.8, 4) is 17.0 Å². The van der Waals surface area contributed by atoms with Crippen LogP contribution in [0.1, 0.15) is 28.8 Å². The van der Waals surface area contributed by atoms with E-state index >= 15 is 0 Å². The molecule has 0 aliphatic rings. The van der Waals surface area contributed by atoms with E-state index in [0.717, 1.165) is 27.9 Å². The number of benzene rings is 1. The molecule has 3 aromatic heterocycles. The van der Waals surface area contributed by atoms with Gasteiger partial charge in [-0.25, -0.2) is 19.6 Å². The molecule has 182 valence electrons. The lowest BCUT2D eigenvalue weighted by molar-refractivity contribution is 0.0962. The molecule has 0 saturated carbocycles. The first-order valence-electron chi connectivity index (χ1n) is 11.3. The second kappa shape index (κ2) is 10.9. The molecule has 0 aliphatic carbocycles. The Bertz CT molecular complexity index is 1320. The van der Waals surface area contributed by atoms with E-state index in [0.29, 0.717) is 36.8 Å². The Balaban J connectivity index is 1.48. The van der Waals surface area contributed by atoms with Gasteiger partial charge in [0.05, 0.1) is 32.2 Å². The lowest BCUT2D eigenvalue weighted by Crippen LogP contribution is -2.18. The van der Waals surface area contributed by atoms with Gasteiger partial charge in [-0.05, 0) is 23.8 Å². The van der Waals surface area contributed by atoms with Gasteiger partial charge in [0.15, 0.2) is 5.65 Å². The molecule has 0 spiro atoms. The molecule has 3 heterocycles. The molecule has 1 atom stereocenters. The standard InChI is InChI=1S/C25H29N7O3/c1-16(20-6-5-17(25(33)26-2)10-22(20)35-4)12-27-23-11-21(29-15-30-23)18-9-19-14-31-32(7-8-34-3)24(19)28-13-18/h5-6,9-11,13-16H,7-8,12H2,1-4H3,(H,26,33)(H,27,29,30). The molecular formula is C25H29N7O3. The summed E-state index contributed by atoms with van der Waals surface area (Å²) in [5, 5.41) is 11.3. The number of nitrogens with zero attached hydrogens (tertiary/aromatic N) is 5. The zero-order valence-corrected chi connectivity index (χ0v) is 20.3. The van der Waals surface area contributed by atoms with Crippen LogP contribution in [0.2, 0.25) is 0 Å². The quantitative estimate of drug-likeness (QED) is 0.359. The minimum Gasteiger partial charge on any atom is -0.496 e. The van der Waals surface area contributed by atoms with E-state index in [2.05, 4.69) is 37.6 Å². The van der Waals surface area contributed by atoms with Crippen LogP contribution in [0, 0.1) is 0 Å². The predicted molar refractivity (Wildman–Crippen MR) is 134 cm³/mol. The van der Waals surface area contributed by atoms with E-state index in [1.54, 1.807) is 45.8 Å². The van der Waals surface area contributed by atoms with Gasteiger partial charge in [0, 0.05) is 55.4 Å². The summed E-state index contributed by atoms with van der Waals surface area (Å²) in [6.45, 7) is 3.93. The van der Waals surface area contributed by atoms with Gasteiger partial charge >= 0.3 is 0 Å². The second-order valence-corrected chi connectivity index (χ2v) is 8.10. The zero-order chi connectivity index (χ0) is 24.8. The van der Waals surface area contributed by atoms with Crippen LogP contribution in [0.25, 0.3) is 22.3 Å². The van der Waals surface area contributed by atoms with Crippen molar-refractivity contribution in [3.63, 3.8) is 0 Å². The largest absolute Gasteiger partial charge is 0.496 e. The van der Waals surface area contributed by atoms with E-state index in [1.165, 1.54) is 6.33 Å². The Kier molecular flexibility index (Phi) is 7.51. The van der Waals surface area contributed by atoms with Crippen LogP contribution in [0.5, 0.6) is 5.75 Å². The maximum Gasteiger partial charge on any atom is 0.251 e. The summed E-state index contributed by atoms with van der Waals surface area (Å²) in [7, 11) is 4.88. The van der Waals surface area contributed by atoms with Crippen LogP contribution < -0.4 is 15.4 Å². The monoisotopic (exact) mass is 475 g/mol. The molecule has 0 aliphatic heterocycles. The predicted octanol–water partition coefficient (Wildman–Crippen LogP) is 3.12. The highest BCUT2D eigenvalue weighted by atomic mass is 16.5. The minimum absolute atomic E-state index is 0.109. The first-order chi connectivity index (χ1) is 17.0. The molecule has 10 heteroatoms. The first-order valence-corrected chi connectivity index (χ1v) is 11.3. The summed E-state index contributed by atoms with van der Waals surface area (Å²) in [6.07, 6.45) is 5.13. The highest BCUT2D eigenvalue weighted by Crippen LogP contribution is 2.28. The molecule has 1 aromatic carbocycles. The van der Waals surface area contributed by atoms with Crippen LogP contribution in [-0.4, -0.2) is 65.1 Å².